The highest BCUT2D eigenvalue weighted by molar-refractivity contribution is 9.10. The highest BCUT2D eigenvalue weighted by Crippen LogP contribution is 2.49. The number of halogens is 1. The monoisotopic (exact) mass is 1700 g/mol. The van der Waals surface area contributed by atoms with Crippen LogP contribution >= 0.6 is 27.7 Å². The van der Waals surface area contributed by atoms with E-state index >= 15 is 0 Å². The number of benzene rings is 6. The molecule has 8 aliphatic heterocycles. The molecule has 2 atom stereocenters. The number of nitrogens with one attached hydrogen (secondary N) is 4. The average molecular weight is 1710 g/mol. The molecule has 0 spiro atoms. The van der Waals surface area contributed by atoms with Crippen molar-refractivity contribution in [3.63, 3.8) is 0 Å². The standard InChI is InChI=1S/C30H31N5O6S.C25H26N4O4S.C25H26N4O2S.C5H6BrNO2/c1-30(12-3-13-30)29(39)33-14-10-18(11-15-33)34-17-19(16-31-34)42(40,41)24-8-6-22-26-20(24)4-2-5-21(26)28(38)35(22)23-7-9-25(36)32-27(23)37;1-25(10-3-11-25)24(31)28-12-8-16(9-13-28)29-15-17(14-26-29)34(32,33)21-7-6-20-22-18(21)4-2-5-19(22)23(30)27-20;1-25(10-3-11-25)24(31)28-12-8-16(9-13-28)29-15-17(14-26-29)32-21-7-6-20-22-18(21)4-2-5-19(22)23(30)27-20;6-3-1-2-4(8)7-5(3)9/h2,4-6,8,16-18,23H,3,7,9-15H2,1H3,(H,32,36,37);2,4-7,14-16H,3,8-13H2,1H3,(H,27,30);2,4-7,14-16H,3,8-13H2,1H3,(H,27,30);3H,1-2H2,(H,7,8,9). The number of imide groups is 2. The number of carbonyl (C=O) groups excluding carboxylic acids is 10. The number of piperidine rings is 5. The van der Waals surface area contributed by atoms with Gasteiger partial charge in [-0.25, -0.2) is 16.8 Å². The van der Waals surface area contributed by atoms with Crippen molar-refractivity contribution < 1.29 is 64.8 Å². The topological polar surface area (TPSA) is 354 Å². The fourth-order valence-corrected chi connectivity index (χ4v) is 22.4. The Hall–Kier alpha value is -10.4. The molecule has 8 fully saturated rings. The number of carbonyl (C=O) groups is 10. The highest BCUT2D eigenvalue weighted by atomic mass is 79.9. The van der Waals surface area contributed by atoms with Crippen molar-refractivity contribution >= 4 is 156 Å². The predicted molar refractivity (Wildman–Crippen MR) is 438 cm³/mol. The van der Waals surface area contributed by atoms with E-state index in [0.717, 1.165) is 122 Å². The van der Waals surface area contributed by atoms with Gasteiger partial charge in [0.15, 0.2) is 0 Å². The number of nitrogens with zero attached hydrogens (tertiary/aromatic N) is 10. The summed E-state index contributed by atoms with van der Waals surface area (Å²) in [5.41, 5.74) is 2.97. The first-order valence-electron chi connectivity index (χ1n) is 40.2. The van der Waals surface area contributed by atoms with Gasteiger partial charge in [-0.05, 0) is 150 Å². The molecule has 0 bridgehead atoms. The Morgan fingerprint density at radius 2 is 0.863 bits per heavy atom. The second-order valence-corrected chi connectivity index (χ2v) is 39.4. The van der Waals surface area contributed by atoms with E-state index < -0.39 is 37.5 Å². The van der Waals surface area contributed by atoms with Gasteiger partial charge in [0.1, 0.15) is 15.8 Å². The van der Waals surface area contributed by atoms with Crippen LogP contribution in [0.3, 0.4) is 0 Å². The summed E-state index contributed by atoms with van der Waals surface area (Å²) in [6.45, 7) is 10.4. The molecule has 3 aromatic heterocycles. The SMILES string of the molecule is CC1(C(=O)N2CCC(n3cc(S(=O)(=O)c4ccc5c6c(cccc46)C(=O)N5)cn3)CC2)CCC1.CC1(C(=O)N2CCC(n3cc(S(=O)(=O)c4ccc5c6c(cccc46)C(=O)N5C4CCC(=O)NC4=O)cn3)CC2)CCC1.CC1(C(=O)N2CCC(n3cc(Sc4ccc5c6c(cccc46)C(=O)N5)cn3)CC2)CCC1.O=C1CCC(Br)C(=O)N1. The van der Waals surface area contributed by atoms with Gasteiger partial charge >= 0.3 is 0 Å². The zero-order valence-corrected chi connectivity index (χ0v) is 69.0. The first-order valence-corrected chi connectivity index (χ1v) is 44.9. The Balaban J connectivity index is 0.000000120. The molecule has 11 aliphatic rings. The number of amides is 10. The van der Waals surface area contributed by atoms with Crippen molar-refractivity contribution in [3.05, 3.63) is 145 Å². The number of hydrogen-bond acceptors (Lipinski definition) is 18. The van der Waals surface area contributed by atoms with Gasteiger partial charge in [0.05, 0.1) is 61.9 Å². The van der Waals surface area contributed by atoms with Gasteiger partial charge in [-0.2, -0.15) is 15.3 Å². The van der Waals surface area contributed by atoms with E-state index in [4.69, 9.17) is 0 Å². The normalized spacial score (nSPS) is 21.4. The van der Waals surface area contributed by atoms with Crippen LogP contribution in [0.4, 0.5) is 17.1 Å². The summed E-state index contributed by atoms with van der Waals surface area (Å²) < 4.78 is 60.4. The molecule has 5 saturated heterocycles. The Kier molecular flexibility index (Phi) is 20.8. The maximum Gasteiger partial charge on any atom is 0.259 e. The molecule has 6 aromatic carbocycles. The number of likely N-dealkylation sites (tertiary alicyclic amines) is 3. The number of rotatable bonds is 13. The molecular formula is C85H89BrN14O14S3. The first-order chi connectivity index (χ1) is 56.1. The van der Waals surface area contributed by atoms with E-state index in [2.05, 4.69) is 94.3 Å². The summed E-state index contributed by atoms with van der Waals surface area (Å²) in [6, 6.07) is 25.7. The van der Waals surface area contributed by atoms with Crippen LogP contribution in [0.15, 0.2) is 158 Å². The van der Waals surface area contributed by atoms with Gasteiger partial charge < -0.3 is 25.3 Å². The van der Waals surface area contributed by atoms with Crippen LogP contribution < -0.4 is 26.2 Å². The van der Waals surface area contributed by atoms with E-state index in [0.29, 0.717) is 108 Å². The molecule has 20 rings (SSSR count). The van der Waals surface area contributed by atoms with E-state index in [1.165, 1.54) is 29.8 Å². The fourth-order valence-electron chi connectivity index (χ4n) is 18.3. The molecule has 0 radical (unpaired) electrons. The largest absolute Gasteiger partial charge is 0.342 e. The summed E-state index contributed by atoms with van der Waals surface area (Å²) in [5, 5.41) is 27.8. The Labute approximate surface area is 687 Å². The summed E-state index contributed by atoms with van der Waals surface area (Å²) in [5.74, 6) is -1.15. The highest BCUT2D eigenvalue weighted by Gasteiger charge is 2.47. The minimum Gasteiger partial charge on any atom is -0.342 e. The number of aromatic nitrogens is 6. The zero-order chi connectivity index (χ0) is 81.8. The van der Waals surface area contributed by atoms with Crippen LogP contribution in [0.5, 0.6) is 0 Å². The molecule has 9 aromatic rings. The molecular weight excluding hydrogens is 1620 g/mol. The molecule has 28 nitrogen and oxygen atoms in total. The average Bonchev–Trinajstić information content (AvgIpc) is 1.58. The number of sulfone groups is 2. The maximum atomic E-state index is 13.9. The van der Waals surface area contributed by atoms with Gasteiger partial charge in [0.25, 0.3) is 17.7 Å². The number of alkyl halides is 1. The quantitative estimate of drug-likeness (QED) is 0.0615. The number of anilines is 3. The molecule has 10 amide bonds. The Morgan fingerprint density at radius 3 is 1.32 bits per heavy atom. The van der Waals surface area contributed by atoms with Crippen LogP contribution in [0.1, 0.15) is 192 Å². The predicted octanol–water partition coefficient (Wildman–Crippen LogP) is 12.1. The van der Waals surface area contributed by atoms with Gasteiger partial charge in [0, 0.05) is 147 Å². The lowest BCUT2D eigenvalue weighted by atomic mass is 9.69. The van der Waals surface area contributed by atoms with Gasteiger partial charge in [0.2, 0.25) is 61.0 Å². The summed E-state index contributed by atoms with van der Waals surface area (Å²) in [4.78, 5) is 132. The minimum atomic E-state index is -4.01. The van der Waals surface area contributed by atoms with Crippen LogP contribution in [-0.2, 0) is 53.2 Å². The van der Waals surface area contributed by atoms with E-state index in [1.807, 2.05) is 41.1 Å². The van der Waals surface area contributed by atoms with Gasteiger partial charge in [-0.3, -0.25) is 77.5 Å². The molecule has 32 heteroatoms. The van der Waals surface area contributed by atoms with Crippen molar-refractivity contribution in [2.75, 3.05) is 54.8 Å². The zero-order valence-electron chi connectivity index (χ0n) is 65.0. The van der Waals surface area contributed by atoms with Crippen molar-refractivity contribution in [2.45, 2.75) is 201 Å². The van der Waals surface area contributed by atoms with Gasteiger partial charge in [-0.1, -0.05) is 104 Å². The van der Waals surface area contributed by atoms with E-state index in [1.54, 1.807) is 88.1 Å². The van der Waals surface area contributed by atoms with Crippen LogP contribution in [-0.4, -0.2) is 170 Å². The molecule has 608 valence electrons. The second kappa shape index (κ2) is 30.8. The van der Waals surface area contributed by atoms with Crippen LogP contribution in [0.25, 0.3) is 32.3 Å². The number of hydrogen-bond donors (Lipinski definition) is 4. The maximum absolute atomic E-state index is 13.9. The molecule has 4 N–H and O–H groups in total. The summed E-state index contributed by atoms with van der Waals surface area (Å²) >= 11 is 4.80. The molecule has 3 saturated carbocycles. The van der Waals surface area contributed by atoms with Crippen molar-refractivity contribution in [3.8, 4) is 0 Å². The van der Waals surface area contributed by atoms with Crippen LogP contribution in [0, 0.1) is 16.2 Å². The third kappa shape index (κ3) is 14.5. The smallest absolute Gasteiger partial charge is 0.259 e. The minimum absolute atomic E-state index is 0.0142. The van der Waals surface area contributed by atoms with Crippen molar-refractivity contribution in [1.29, 1.82) is 0 Å². The van der Waals surface area contributed by atoms with E-state index in [-0.39, 0.29) is 107 Å². The summed E-state index contributed by atoms with van der Waals surface area (Å²) in [6.07, 6.45) is 25.4. The lowest BCUT2D eigenvalue weighted by Gasteiger charge is -2.43. The lowest BCUT2D eigenvalue weighted by molar-refractivity contribution is -0.148. The van der Waals surface area contributed by atoms with E-state index in [9.17, 15) is 64.8 Å². The molecule has 11 heterocycles. The third-order valence-electron chi connectivity index (χ3n) is 25.8. The Bertz CT molecular complexity index is 5900. The van der Waals surface area contributed by atoms with Crippen molar-refractivity contribution in [1.82, 2.24) is 54.7 Å². The summed E-state index contributed by atoms with van der Waals surface area (Å²) in [7, 11) is -7.84. The second-order valence-electron chi connectivity index (χ2n) is 33.3. The van der Waals surface area contributed by atoms with Crippen LogP contribution in [0.2, 0.25) is 0 Å². The Morgan fingerprint density at radius 1 is 0.453 bits per heavy atom. The molecule has 3 aliphatic carbocycles. The molecule has 2 unspecified atom stereocenters. The lowest BCUT2D eigenvalue weighted by Crippen LogP contribution is -2.53. The first kappa shape index (κ1) is 79.0. The van der Waals surface area contributed by atoms with Crippen molar-refractivity contribution in [2.24, 2.45) is 16.2 Å². The fraction of sp³-hybridized carbons (Fsp3) is 0.424. The third-order valence-corrected chi connectivity index (χ3v) is 31.3. The van der Waals surface area contributed by atoms with Gasteiger partial charge in [-0.15, -0.1) is 0 Å². The molecule has 117 heavy (non-hydrogen) atoms.